The summed E-state index contributed by atoms with van der Waals surface area (Å²) in [5, 5.41) is 6.64. The Kier molecular flexibility index (Phi) is 5.28. The van der Waals surface area contributed by atoms with E-state index in [0.29, 0.717) is 18.3 Å². The van der Waals surface area contributed by atoms with Crippen LogP contribution in [0.2, 0.25) is 0 Å². The molecule has 1 atom stereocenters. The van der Waals surface area contributed by atoms with Crippen molar-refractivity contribution in [3.63, 3.8) is 0 Å². The summed E-state index contributed by atoms with van der Waals surface area (Å²) < 4.78 is 15.8. The third-order valence-corrected chi connectivity index (χ3v) is 3.42. The summed E-state index contributed by atoms with van der Waals surface area (Å²) in [4.78, 5) is 19.8. The maximum atomic E-state index is 11.7. The highest BCUT2D eigenvalue weighted by Crippen LogP contribution is 2.14. The van der Waals surface area contributed by atoms with Crippen molar-refractivity contribution in [1.29, 1.82) is 0 Å². The third-order valence-electron chi connectivity index (χ3n) is 3.42. The predicted molar refractivity (Wildman–Crippen MR) is 79.2 cm³/mol. The zero-order valence-corrected chi connectivity index (χ0v) is 12.6. The molecule has 2 aromatic heterocycles. The first-order valence-corrected chi connectivity index (χ1v) is 7.50. The molecule has 122 valence electrons. The molecule has 23 heavy (non-hydrogen) atoms. The van der Waals surface area contributed by atoms with Crippen LogP contribution in [0.1, 0.15) is 18.7 Å². The van der Waals surface area contributed by atoms with Gasteiger partial charge in [-0.05, 0) is 25.0 Å². The minimum Gasteiger partial charge on any atom is -0.376 e. The van der Waals surface area contributed by atoms with Crippen LogP contribution in [0, 0.1) is 0 Å². The van der Waals surface area contributed by atoms with Crippen molar-refractivity contribution in [3.05, 3.63) is 30.4 Å². The average Bonchev–Trinajstić information content (AvgIpc) is 3.26. The largest absolute Gasteiger partial charge is 0.376 e. The minimum absolute atomic E-state index is 0.0559. The molecule has 0 spiro atoms. The standard InChI is InChI=1S/C15H18N4O4/c20-13(17-8-12-2-1-7-22-12)9-21-10-14-18-15(19-23-14)11-3-5-16-6-4-11/h3-6,12H,1-2,7-10H2,(H,17,20)/t12-/m0/s1. The zero-order chi connectivity index (χ0) is 15.9. The van der Waals surface area contributed by atoms with Crippen LogP contribution in [0.25, 0.3) is 11.4 Å². The maximum absolute atomic E-state index is 11.7. The number of carbonyl (C=O) groups excluding carboxylic acids is 1. The SMILES string of the molecule is O=C(COCc1nc(-c2ccncc2)no1)NC[C@@H]1CCCO1. The van der Waals surface area contributed by atoms with Crippen LogP contribution in [0.5, 0.6) is 0 Å². The van der Waals surface area contributed by atoms with Gasteiger partial charge in [0.25, 0.3) is 5.89 Å². The van der Waals surface area contributed by atoms with Crippen LogP contribution < -0.4 is 5.32 Å². The van der Waals surface area contributed by atoms with Gasteiger partial charge in [-0.3, -0.25) is 9.78 Å². The van der Waals surface area contributed by atoms with Gasteiger partial charge in [0.1, 0.15) is 13.2 Å². The monoisotopic (exact) mass is 318 g/mol. The molecule has 1 saturated heterocycles. The van der Waals surface area contributed by atoms with Crippen molar-refractivity contribution in [2.24, 2.45) is 0 Å². The Balaban J connectivity index is 1.39. The van der Waals surface area contributed by atoms with Gasteiger partial charge in [0, 0.05) is 31.1 Å². The number of amides is 1. The average molecular weight is 318 g/mol. The normalized spacial score (nSPS) is 17.3. The van der Waals surface area contributed by atoms with Gasteiger partial charge >= 0.3 is 0 Å². The zero-order valence-electron chi connectivity index (χ0n) is 12.6. The van der Waals surface area contributed by atoms with Crippen molar-refractivity contribution in [1.82, 2.24) is 20.4 Å². The second kappa shape index (κ2) is 7.80. The lowest BCUT2D eigenvalue weighted by molar-refractivity contribution is -0.126. The molecule has 0 bridgehead atoms. The number of nitrogens with zero attached hydrogens (tertiary/aromatic N) is 3. The Morgan fingerprint density at radius 1 is 1.39 bits per heavy atom. The molecular formula is C15H18N4O4. The number of hydrogen-bond acceptors (Lipinski definition) is 7. The highest BCUT2D eigenvalue weighted by molar-refractivity contribution is 5.77. The van der Waals surface area contributed by atoms with E-state index in [-0.39, 0.29) is 25.2 Å². The van der Waals surface area contributed by atoms with Crippen molar-refractivity contribution in [2.45, 2.75) is 25.6 Å². The smallest absolute Gasteiger partial charge is 0.252 e. The van der Waals surface area contributed by atoms with E-state index in [9.17, 15) is 4.79 Å². The summed E-state index contributed by atoms with van der Waals surface area (Å²) in [7, 11) is 0. The number of pyridine rings is 1. The molecule has 1 N–H and O–H groups in total. The first-order valence-electron chi connectivity index (χ1n) is 7.50. The highest BCUT2D eigenvalue weighted by Gasteiger charge is 2.16. The quantitative estimate of drug-likeness (QED) is 0.811. The Labute approximate surface area is 133 Å². The van der Waals surface area contributed by atoms with Gasteiger partial charge < -0.3 is 19.3 Å². The van der Waals surface area contributed by atoms with Crippen molar-refractivity contribution in [3.8, 4) is 11.4 Å². The van der Waals surface area contributed by atoms with E-state index in [1.54, 1.807) is 24.5 Å². The fourth-order valence-corrected chi connectivity index (χ4v) is 2.25. The molecule has 0 unspecified atom stereocenters. The van der Waals surface area contributed by atoms with Gasteiger partial charge in [-0.2, -0.15) is 4.98 Å². The van der Waals surface area contributed by atoms with Gasteiger partial charge in [0.2, 0.25) is 11.7 Å². The van der Waals surface area contributed by atoms with E-state index in [4.69, 9.17) is 14.0 Å². The number of rotatable bonds is 7. The molecule has 3 rings (SSSR count). The van der Waals surface area contributed by atoms with E-state index in [1.165, 1.54) is 0 Å². The molecule has 1 amide bonds. The molecule has 1 aliphatic rings. The first-order chi connectivity index (χ1) is 11.3. The van der Waals surface area contributed by atoms with Gasteiger partial charge in [0.15, 0.2) is 0 Å². The molecule has 8 heteroatoms. The number of hydrogen-bond donors (Lipinski definition) is 1. The molecular weight excluding hydrogens is 300 g/mol. The van der Waals surface area contributed by atoms with E-state index >= 15 is 0 Å². The lowest BCUT2D eigenvalue weighted by atomic mass is 10.2. The highest BCUT2D eigenvalue weighted by atomic mass is 16.5. The molecule has 8 nitrogen and oxygen atoms in total. The molecule has 0 saturated carbocycles. The number of aromatic nitrogens is 3. The third kappa shape index (κ3) is 4.57. The number of ether oxygens (including phenoxy) is 2. The van der Waals surface area contributed by atoms with Crippen LogP contribution in [-0.2, 0) is 20.9 Å². The lowest BCUT2D eigenvalue weighted by Gasteiger charge is -2.10. The summed E-state index contributed by atoms with van der Waals surface area (Å²) in [6.45, 7) is 1.33. The molecule has 0 aliphatic carbocycles. The Morgan fingerprint density at radius 3 is 3.04 bits per heavy atom. The van der Waals surface area contributed by atoms with Gasteiger partial charge in [-0.15, -0.1) is 0 Å². The summed E-state index contributed by atoms with van der Waals surface area (Å²) in [5.41, 5.74) is 0.810. The summed E-state index contributed by atoms with van der Waals surface area (Å²) in [5.74, 6) is 0.604. The second-order valence-electron chi connectivity index (χ2n) is 5.18. The Bertz CT molecular complexity index is 625. The van der Waals surface area contributed by atoms with E-state index in [2.05, 4.69) is 20.4 Å². The van der Waals surface area contributed by atoms with Gasteiger partial charge in [-0.25, -0.2) is 0 Å². The van der Waals surface area contributed by atoms with Crippen molar-refractivity contribution in [2.75, 3.05) is 19.8 Å². The van der Waals surface area contributed by atoms with Crippen LogP contribution in [0.3, 0.4) is 0 Å². The molecule has 1 aliphatic heterocycles. The molecule has 1 fully saturated rings. The summed E-state index contributed by atoms with van der Waals surface area (Å²) in [6.07, 6.45) is 5.47. The van der Waals surface area contributed by atoms with Crippen molar-refractivity contribution < 1.29 is 18.8 Å². The van der Waals surface area contributed by atoms with Crippen LogP contribution in [0.4, 0.5) is 0 Å². The number of carbonyl (C=O) groups is 1. The van der Waals surface area contributed by atoms with Crippen LogP contribution in [0.15, 0.2) is 29.0 Å². The van der Waals surface area contributed by atoms with E-state index in [0.717, 1.165) is 25.0 Å². The molecule has 2 aromatic rings. The second-order valence-corrected chi connectivity index (χ2v) is 5.18. The molecule has 0 aromatic carbocycles. The van der Waals surface area contributed by atoms with Crippen molar-refractivity contribution >= 4 is 5.91 Å². The predicted octanol–water partition coefficient (Wildman–Crippen LogP) is 0.943. The van der Waals surface area contributed by atoms with Gasteiger partial charge in [0.05, 0.1) is 6.10 Å². The Hall–Kier alpha value is -2.32. The fourth-order valence-electron chi connectivity index (χ4n) is 2.25. The molecule has 0 radical (unpaired) electrons. The van der Waals surface area contributed by atoms with E-state index in [1.807, 2.05) is 0 Å². The van der Waals surface area contributed by atoms with Crippen LogP contribution in [-0.4, -0.2) is 46.9 Å². The fraction of sp³-hybridized carbons (Fsp3) is 0.467. The summed E-state index contributed by atoms with van der Waals surface area (Å²) in [6, 6.07) is 3.57. The number of nitrogens with one attached hydrogen (secondary N) is 1. The first kappa shape index (κ1) is 15.6. The van der Waals surface area contributed by atoms with Gasteiger partial charge in [-0.1, -0.05) is 5.16 Å². The molecule has 3 heterocycles. The minimum atomic E-state index is -0.186. The maximum Gasteiger partial charge on any atom is 0.252 e. The lowest BCUT2D eigenvalue weighted by Crippen LogP contribution is -2.34. The Morgan fingerprint density at radius 2 is 2.26 bits per heavy atom. The summed E-state index contributed by atoms with van der Waals surface area (Å²) >= 11 is 0. The topological polar surface area (TPSA) is 99.4 Å². The van der Waals surface area contributed by atoms with E-state index < -0.39 is 0 Å². The van der Waals surface area contributed by atoms with Crippen LogP contribution >= 0.6 is 0 Å².